The molecule has 0 radical (unpaired) electrons. The first kappa shape index (κ1) is 30.8. The molecule has 10 heteroatoms. The third kappa shape index (κ3) is 9.19. The summed E-state index contributed by atoms with van der Waals surface area (Å²) >= 11 is 5.41. The Morgan fingerprint density at radius 1 is 0.732 bits per heavy atom. The number of rotatable bonds is 9. The number of nitrogens with zero attached hydrogens (tertiary/aromatic N) is 1. The van der Waals surface area contributed by atoms with Gasteiger partial charge < -0.3 is 10.6 Å². The van der Waals surface area contributed by atoms with Gasteiger partial charge in [0.15, 0.2) is 5.11 Å². The summed E-state index contributed by atoms with van der Waals surface area (Å²) < 4.78 is 80.0. The number of hydrogen-bond donors (Lipinski definition) is 2. The van der Waals surface area contributed by atoms with Crippen molar-refractivity contribution in [3.63, 3.8) is 0 Å². The van der Waals surface area contributed by atoms with Gasteiger partial charge in [0.2, 0.25) is 0 Å². The van der Waals surface area contributed by atoms with Crippen LogP contribution in [0.2, 0.25) is 0 Å². The van der Waals surface area contributed by atoms with Crippen molar-refractivity contribution < 1.29 is 26.3 Å². The highest BCUT2D eigenvalue weighted by Crippen LogP contribution is 2.37. The molecule has 2 N–H and O–H groups in total. The number of halogens is 6. The van der Waals surface area contributed by atoms with Gasteiger partial charge in [-0.3, -0.25) is 4.90 Å². The van der Waals surface area contributed by atoms with Gasteiger partial charge in [0.25, 0.3) is 0 Å². The standard InChI is InChI=1S/C31H33F6N3S/c32-30(33,34)24-19-25(31(35,36)37)21-26(20-24)38-29(41)39-27-13-7-8-14-28(27)40(17-15-22-9-3-1-4-10-22)18-16-23-11-5-2-6-12-23/h1-6,9-12,19-21,27-28H,7-8,13-18H2,(H2,38,39,41)/t27-,28-/m1/s1. The van der Waals surface area contributed by atoms with Crippen molar-refractivity contribution in [1.82, 2.24) is 10.2 Å². The zero-order valence-corrected chi connectivity index (χ0v) is 23.3. The third-order valence-electron chi connectivity index (χ3n) is 7.42. The molecule has 0 unspecified atom stereocenters. The highest BCUT2D eigenvalue weighted by atomic mass is 32.1. The maximum atomic E-state index is 13.3. The van der Waals surface area contributed by atoms with Gasteiger partial charge in [-0.1, -0.05) is 73.5 Å². The van der Waals surface area contributed by atoms with Gasteiger partial charge in [0.1, 0.15) is 0 Å². The molecule has 1 saturated carbocycles. The Kier molecular flexibility index (Phi) is 10.3. The second kappa shape index (κ2) is 13.7. The predicted molar refractivity (Wildman–Crippen MR) is 154 cm³/mol. The molecule has 3 aromatic carbocycles. The van der Waals surface area contributed by atoms with Crippen LogP contribution in [0.15, 0.2) is 78.9 Å². The molecule has 220 valence electrons. The van der Waals surface area contributed by atoms with Crippen molar-refractivity contribution in [3.05, 3.63) is 101 Å². The number of nitrogens with one attached hydrogen (secondary N) is 2. The SMILES string of the molecule is FC(F)(F)c1cc(NC(=S)N[C@@H]2CCCC[C@H]2N(CCc2ccccc2)CCc2ccccc2)cc(C(F)(F)F)c1. The Balaban J connectivity index is 1.49. The van der Waals surface area contributed by atoms with Crippen LogP contribution in [-0.2, 0) is 25.2 Å². The molecule has 2 atom stereocenters. The number of thiocarbonyl (C=S) groups is 1. The van der Waals surface area contributed by atoms with E-state index in [1.807, 2.05) is 36.4 Å². The molecule has 0 amide bonds. The van der Waals surface area contributed by atoms with Crippen molar-refractivity contribution in [2.45, 2.75) is 63.0 Å². The van der Waals surface area contributed by atoms with Crippen molar-refractivity contribution in [3.8, 4) is 0 Å². The summed E-state index contributed by atoms with van der Waals surface area (Å²) in [6.45, 7) is 1.62. The first-order valence-corrected chi connectivity index (χ1v) is 14.1. The van der Waals surface area contributed by atoms with E-state index >= 15 is 0 Å². The molecule has 0 spiro atoms. The minimum absolute atomic E-state index is 0.000387. The van der Waals surface area contributed by atoms with Crippen LogP contribution in [0.1, 0.15) is 47.9 Å². The topological polar surface area (TPSA) is 27.3 Å². The van der Waals surface area contributed by atoms with Crippen LogP contribution >= 0.6 is 12.2 Å². The van der Waals surface area contributed by atoms with E-state index in [4.69, 9.17) is 12.2 Å². The van der Waals surface area contributed by atoms with E-state index < -0.39 is 23.5 Å². The van der Waals surface area contributed by atoms with Crippen LogP contribution in [0.3, 0.4) is 0 Å². The van der Waals surface area contributed by atoms with Crippen LogP contribution in [0.4, 0.5) is 32.0 Å². The van der Waals surface area contributed by atoms with Crippen molar-refractivity contribution in [1.29, 1.82) is 0 Å². The molecule has 4 rings (SSSR count). The van der Waals surface area contributed by atoms with E-state index in [9.17, 15) is 26.3 Å². The fraction of sp³-hybridized carbons (Fsp3) is 0.387. The van der Waals surface area contributed by atoms with Crippen LogP contribution < -0.4 is 10.6 Å². The molecule has 41 heavy (non-hydrogen) atoms. The molecule has 1 aliphatic rings. The number of anilines is 1. The summed E-state index contributed by atoms with van der Waals surface area (Å²) in [5, 5.41) is 5.82. The Morgan fingerprint density at radius 2 is 1.22 bits per heavy atom. The Bertz CT molecular complexity index is 1190. The van der Waals surface area contributed by atoms with E-state index in [-0.39, 0.29) is 28.9 Å². The summed E-state index contributed by atoms with van der Waals surface area (Å²) in [4.78, 5) is 2.44. The average Bonchev–Trinajstić information content (AvgIpc) is 2.93. The largest absolute Gasteiger partial charge is 0.416 e. The van der Waals surface area contributed by atoms with Gasteiger partial charge in [-0.25, -0.2) is 0 Å². The van der Waals surface area contributed by atoms with E-state index in [1.54, 1.807) is 0 Å². The summed E-state index contributed by atoms with van der Waals surface area (Å²) in [7, 11) is 0. The molecule has 1 fully saturated rings. The minimum atomic E-state index is -4.93. The normalized spacial score (nSPS) is 17.8. The van der Waals surface area contributed by atoms with E-state index in [2.05, 4.69) is 39.8 Å². The molecule has 0 heterocycles. The molecule has 0 bridgehead atoms. The fourth-order valence-corrected chi connectivity index (χ4v) is 5.63. The highest BCUT2D eigenvalue weighted by Gasteiger charge is 2.37. The monoisotopic (exact) mass is 593 g/mol. The first-order valence-electron chi connectivity index (χ1n) is 13.7. The van der Waals surface area contributed by atoms with Crippen LogP contribution in [-0.4, -0.2) is 35.2 Å². The van der Waals surface area contributed by atoms with E-state index in [0.29, 0.717) is 12.1 Å². The highest BCUT2D eigenvalue weighted by molar-refractivity contribution is 7.80. The van der Waals surface area contributed by atoms with Crippen LogP contribution in [0.5, 0.6) is 0 Å². The maximum absolute atomic E-state index is 13.3. The van der Waals surface area contributed by atoms with E-state index in [1.165, 1.54) is 11.1 Å². The molecule has 3 nitrogen and oxygen atoms in total. The van der Waals surface area contributed by atoms with Gasteiger partial charge in [0, 0.05) is 30.9 Å². The quantitative estimate of drug-likeness (QED) is 0.194. The van der Waals surface area contributed by atoms with E-state index in [0.717, 1.165) is 51.6 Å². The molecule has 3 aromatic rings. The molecule has 1 aliphatic carbocycles. The predicted octanol–water partition coefficient (Wildman–Crippen LogP) is 8.11. The smallest absolute Gasteiger partial charge is 0.358 e. The molecular formula is C31H33F6N3S. The zero-order chi connectivity index (χ0) is 29.5. The summed E-state index contributed by atoms with van der Waals surface area (Å²) in [6.07, 6.45) is -4.49. The van der Waals surface area contributed by atoms with Gasteiger partial charge in [-0.05, 0) is 67.2 Å². The Labute approximate surface area is 241 Å². The second-order valence-corrected chi connectivity index (χ2v) is 10.8. The zero-order valence-electron chi connectivity index (χ0n) is 22.4. The molecule has 0 aliphatic heterocycles. The molecule has 0 saturated heterocycles. The lowest BCUT2D eigenvalue weighted by molar-refractivity contribution is -0.143. The third-order valence-corrected chi connectivity index (χ3v) is 7.64. The van der Waals surface area contributed by atoms with Gasteiger partial charge in [-0.2, -0.15) is 26.3 Å². The maximum Gasteiger partial charge on any atom is 0.416 e. The minimum Gasteiger partial charge on any atom is -0.358 e. The number of alkyl halides is 6. The lowest BCUT2D eigenvalue weighted by Crippen LogP contribution is -2.55. The van der Waals surface area contributed by atoms with Gasteiger partial charge in [-0.15, -0.1) is 0 Å². The number of benzene rings is 3. The average molecular weight is 594 g/mol. The van der Waals surface area contributed by atoms with Gasteiger partial charge >= 0.3 is 12.4 Å². The summed E-state index contributed by atoms with van der Waals surface area (Å²) in [6, 6.07) is 21.8. The summed E-state index contributed by atoms with van der Waals surface area (Å²) in [5.41, 5.74) is -0.691. The van der Waals surface area contributed by atoms with Crippen LogP contribution in [0, 0.1) is 0 Å². The first-order chi connectivity index (χ1) is 19.5. The lowest BCUT2D eigenvalue weighted by atomic mass is 9.88. The van der Waals surface area contributed by atoms with Gasteiger partial charge in [0.05, 0.1) is 11.1 Å². The van der Waals surface area contributed by atoms with Crippen molar-refractivity contribution in [2.24, 2.45) is 0 Å². The van der Waals surface area contributed by atoms with Crippen molar-refractivity contribution in [2.75, 3.05) is 18.4 Å². The molecule has 0 aromatic heterocycles. The Morgan fingerprint density at radius 3 is 1.71 bits per heavy atom. The summed E-state index contributed by atoms with van der Waals surface area (Å²) in [5.74, 6) is 0. The Hall–Kier alpha value is -3.11. The molecular weight excluding hydrogens is 560 g/mol. The number of hydrogen-bond acceptors (Lipinski definition) is 2. The fourth-order valence-electron chi connectivity index (χ4n) is 5.36. The lowest BCUT2D eigenvalue weighted by Gasteiger charge is -2.41. The van der Waals surface area contributed by atoms with Crippen LogP contribution in [0.25, 0.3) is 0 Å². The van der Waals surface area contributed by atoms with Crippen molar-refractivity contribution >= 4 is 23.0 Å². The second-order valence-electron chi connectivity index (χ2n) is 10.4.